The van der Waals surface area contributed by atoms with Gasteiger partial charge in [-0.3, -0.25) is 19.2 Å². The molecule has 0 N–H and O–H groups in total. The second-order valence-corrected chi connectivity index (χ2v) is 5.33. The molecular formula is C17H19NO7. The first-order valence-corrected chi connectivity index (χ1v) is 7.96. The standard InChI is InChI=1S/C17H19NO7/c19-14-9-10-15(20)18(14)25-17(22)24-12-11-23-16(21)8-4-7-13-5-2-1-3-6-13/h1-3,5-6H,4,7-12H2. The third-order valence-corrected chi connectivity index (χ3v) is 3.43. The smallest absolute Gasteiger partial charge is 0.462 e. The van der Waals surface area contributed by atoms with E-state index >= 15 is 0 Å². The average molecular weight is 349 g/mol. The number of ether oxygens (including phenoxy) is 2. The van der Waals surface area contributed by atoms with Gasteiger partial charge in [-0.1, -0.05) is 35.4 Å². The van der Waals surface area contributed by atoms with Gasteiger partial charge in [-0.05, 0) is 18.4 Å². The van der Waals surface area contributed by atoms with Gasteiger partial charge >= 0.3 is 12.1 Å². The van der Waals surface area contributed by atoms with Crippen LogP contribution in [0.15, 0.2) is 30.3 Å². The minimum atomic E-state index is -1.19. The molecule has 134 valence electrons. The molecule has 1 aromatic rings. The molecule has 0 aromatic heterocycles. The second kappa shape index (κ2) is 9.41. The summed E-state index contributed by atoms with van der Waals surface area (Å²) in [6, 6.07) is 9.78. The van der Waals surface area contributed by atoms with Crippen molar-refractivity contribution >= 4 is 23.9 Å². The fourth-order valence-corrected chi connectivity index (χ4v) is 2.19. The van der Waals surface area contributed by atoms with Crippen molar-refractivity contribution in [1.29, 1.82) is 0 Å². The average Bonchev–Trinajstić information content (AvgIpc) is 2.92. The number of benzene rings is 1. The van der Waals surface area contributed by atoms with Crippen molar-refractivity contribution in [1.82, 2.24) is 5.06 Å². The molecule has 0 bridgehead atoms. The molecule has 25 heavy (non-hydrogen) atoms. The van der Waals surface area contributed by atoms with E-state index in [0.29, 0.717) is 11.5 Å². The van der Waals surface area contributed by atoms with Gasteiger partial charge in [0.1, 0.15) is 13.2 Å². The van der Waals surface area contributed by atoms with E-state index in [4.69, 9.17) is 4.74 Å². The molecule has 0 spiro atoms. The number of nitrogens with zero attached hydrogens (tertiary/aromatic N) is 1. The van der Waals surface area contributed by atoms with Crippen LogP contribution in [0.4, 0.5) is 4.79 Å². The Morgan fingerprint density at radius 1 is 0.960 bits per heavy atom. The van der Waals surface area contributed by atoms with E-state index in [1.165, 1.54) is 0 Å². The van der Waals surface area contributed by atoms with Gasteiger partial charge in [0, 0.05) is 19.3 Å². The normalized spacial score (nSPS) is 13.7. The summed E-state index contributed by atoms with van der Waals surface area (Å²) in [5, 5.41) is 0.387. The third kappa shape index (κ3) is 6.25. The minimum absolute atomic E-state index is 0.00665. The van der Waals surface area contributed by atoms with E-state index in [1.807, 2.05) is 30.3 Å². The van der Waals surface area contributed by atoms with Crippen molar-refractivity contribution in [2.75, 3.05) is 13.2 Å². The highest BCUT2D eigenvalue weighted by Gasteiger charge is 2.33. The Morgan fingerprint density at radius 2 is 1.60 bits per heavy atom. The van der Waals surface area contributed by atoms with Crippen LogP contribution < -0.4 is 0 Å². The van der Waals surface area contributed by atoms with Crippen LogP contribution in [0.2, 0.25) is 0 Å². The molecular weight excluding hydrogens is 330 g/mol. The molecule has 1 heterocycles. The van der Waals surface area contributed by atoms with Crippen LogP contribution in [0.25, 0.3) is 0 Å². The molecule has 0 radical (unpaired) electrons. The SMILES string of the molecule is O=C(CCCc1ccccc1)OCCOC(=O)ON1C(=O)CCC1=O. The van der Waals surface area contributed by atoms with Crippen LogP contribution in [0, 0.1) is 0 Å². The predicted octanol–water partition coefficient (Wildman–Crippen LogP) is 1.77. The van der Waals surface area contributed by atoms with Crippen molar-refractivity contribution in [3.63, 3.8) is 0 Å². The monoisotopic (exact) mass is 349 g/mol. The first kappa shape index (κ1) is 18.4. The minimum Gasteiger partial charge on any atom is -0.462 e. The molecule has 2 amide bonds. The second-order valence-electron chi connectivity index (χ2n) is 5.33. The van der Waals surface area contributed by atoms with Gasteiger partial charge in [-0.2, -0.15) is 0 Å². The topological polar surface area (TPSA) is 99.2 Å². The maximum absolute atomic E-state index is 11.6. The molecule has 1 fully saturated rings. The first-order chi connectivity index (χ1) is 12.1. The summed E-state index contributed by atoms with van der Waals surface area (Å²) < 4.78 is 9.56. The van der Waals surface area contributed by atoms with Crippen LogP contribution in [0.5, 0.6) is 0 Å². The van der Waals surface area contributed by atoms with Gasteiger partial charge in [-0.25, -0.2) is 4.79 Å². The Labute approximate surface area is 144 Å². The number of imide groups is 1. The highest BCUT2D eigenvalue weighted by Crippen LogP contribution is 2.12. The van der Waals surface area contributed by atoms with Crippen LogP contribution in [-0.2, 0) is 35.1 Å². The molecule has 2 rings (SSSR count). The molecule has 0 atom stereocenters. The summed E-state index contributed by atoms with van der Waals surface area (Å²) in [5.74, 6) is -1.57. The van der Waals surface area contributed by atoms with Gasteiger partial charge in [0.25, 0.3) is 11.8 Å². The number of esters is 1. The molecule has 1 aliphatic rings. The molecule has 8 heteroatoms. The lowest BCUT2D eigenvalue weighted by atomic mass is 10.1. The van der Waals surface area contributed by atoms with E-state index in [2.05, 4.69) is 9.57 Å². The molecule has 8 nitrogen and oxygen atoms in total. The fourth-order valence-electron chi connectivity index (χ4n) is 2.19. The predicted molar refractivity (Wildman–Crippen MR) is 83.9 cm³/mol. The zero-order valence-electron chi connectivity index (χ0n) is 13.6. The lowest BCUT2D eigenvalue weighted by Gasteiger charge is -2.12. The third-order valence-electron chi connectivity index (χ3n) is 3.43. The number of carbonyl (C=O) groups is 4. The Hall–Kier alpha value is -2.90. The number of hydrogen-bond acceptors (Lipinski definition) is 7. The van der Waals surface area contributed by atoms with Crippen molar-refractivity contribution < 1.29 is 33.5 Å². The number of aryl methyl sites for hydroxylation is 1. The highest BCUT2D eigenvalue weighted by atomic mass is 16.8. The number of carbonyl (C=O) groups excluding carboxylic acids is 4. The molecule has 0 saturated carbocycles. The molecule has 1 aliphatic heterocycles. The van der Waals surface area contributed by atoms with E-state index in [9.17, 15) is 19.2 Å². The van der Waals surface area contributed by atoms with Gasteiger partial charge in [0.05, 0.1) is 0 Å². The van der Waals surface area contributed by atoms with Gasteiger partial charge < -0.3 is 9.47 Å². The molecule has 0 aliphatic carbocycles. The van der Waals surface area contributed by atoms with Gasteiger partial charge in [0.2, 0.25) is 0 Å². The molecule has 0 unspecified atom stereocenters. The van der Waals surface area contributed by atoms with Crippen LogP contribution in [0.3, 0.4) is 0 Å². The van der Waals surface area contributed by atoms with Gasteiger partial charge in [-0.15, -0.1) is 0 Å². The summed E-state index contributed by atoms with van der Waals surface area (Å²) in [7, 11) is 0. The van der Waals surface area contributed by atoms with Crippen LogP contribution in [0.1, 0.15) is 31.2 Å². The zero-order valence-corrected chi connectivity index (χ0v) is 13.6. The summed E-state index contributed by atoms with van der Waals surface area (Å²) in [4.78, 5) is 49.9. The summed E-state index contributed by atoms with van der Waals surface area (Å²) in [5.41, 5.74) is 1.15. The number of amides is 2. The maximum atomic E-state index is 11.6. The van der Waals surface area contributed by atoms with Crippen molar-refractivity contribution in [2.24, 2.45) is 0 Å². The Kier molecular flexibility index (Phi) is 6.94. The zero-order chi connectivity index (χ0) is 18.1. The van der Waals surface area contributed by atoms with E-state index in [0.717, 1.165) is 12.0 Å². The van der Waals surface area contributed by atoms with Gasteiger partial charge in [0.15, 0.2) is 0 Å². The number of rotatable bonds is 8. The lowest BCUT2D eigenvalue weighted by molar-refractivity contribution is -0.177. The van der Waals surface area contributed by atoms with E-state index in [-0.39, 0.29) is 32.5 Å². The lowest BCUT2D eigenvalue weighted by Crippen LogP contribution is -2.32. The Balaban J connectivity index is 1.53. The quantitative estimate of drug-likeness (QED) is 0.400. The summed E-state index contributed by atoms with van der Waals surface area (Å²) in [6.45, 7) is -0.347. The van der Waals surface area contributed by atoms with Crippen molar-refractivity contribution in [3.05, 3.63) is 35.9 Å². The summed E-state index contributed by atoms with van der Waals surface area (Å²) in [6.07, 6.45) is 0.514. The van der Waals surface area contributed by atoms with Crippen LogP contribution in [-0.4, -0.2) is 42.2 Å². The first-order valence-electron chi connectivity index (χ1n) is 7.96. The van der Waals surface area contributed by atoms with E-state index < -0.39 is 23.9 Å². The maximum Gasteiger partial charge on any atom is 0.534 e. The Bertz CT molecular complexity index is 613. The largest absolute Gasteiger partial charge is 0.534 e. The van der Waals surface area contributed by atoms with E-state index in [1.54, 1.807) is 0 Å². The number of hydroxylamine groups is 2. The summed E-state index contributed by atoms with van der Waals surface area (Å²) >= 11 is 0. The molecule has 1 aromatic carbocycles. The fraction of sp³-hybridized carbons (Fsp3) is 0.412. The Morgan fingerprint density at radius 3 is 2.28 bits per heavy atom. The number of hydrogen-bond donors (Lipinski definition) is 0. The van der Waals surface area contributed by atoms with Crippen molar-refractivity contribution in [2.45, 2.75) is 32.1 Å². The van der Waals surface area contributed by atoms with Crippen LogP contribution >= 0.6 is 0 Å². The molecule has 1 saturated heterocycles. The highest BCUT2D eigenvalue weighted by molar-refractivity contribution is 6.01. The van der Waals surface area contributed by atoms with Crippen molar-refractivity contribution in [3.8, 4) is 0 Å².